The lowest BCUT2D eigenvalue weighted by molar-refractivity contribution is -0.122. The Labute approximate surface area is 124 Å². The molecule has 0 saturated carbocycles. The van der Waals surface area contributed by atoms with Crippen LogP contribution in [0.5, 0.6) is 0 Å². The molecule has 2 rings (SSSR count). The molecular weight excluding hydrogens is 267 g/mol. The molecule has 0 bridgehead atoms. The molecule has 1 amide bonds. The maximum Gasteiger partial charge on any atom is 0.241 e. The van der Waals surface area contributed by atoms with Crippen LogP contribution in [-0.4, -0.2) is 12.5 Å². The number of halogens is 1. The van der Waals surface area contributed by atoms with E-state index >= 15 is 0 Å². The summed E-state index contributed by atoms with van der Waals surface area (Å²) in [4.78, 5) is 12.0. The normalized spacial score (nSPS) is 12.0. The van der Waals surface area contributed by atoms with Gasteiger partial charge in [0.05, 0.1) is 0 Å². The minimum absolute atomic E-state index is 0.254. The number of nitrogens with two attached hydrogens (primary N) is 1. The van der Waals surface area contributed by atoms with Crippen molar-refractivity contribution in [1.29, 1.82) is 0 Å². The Bertz CT molecular complexity index is 610. The van der Waals surface area contributed by atoms with Gasteiger partial charge in [0.25, 0.3) is 0 Å². The number of rotatable bonds is 5. The number of hydrogen-bond donors (Lipinski definition) is 2. The molecule has 2 aromatic carbocycles. The Balaban J connectivity index is 1.87. The number of hydrogen-bond acceptors (Lipinski definition) is 2. The first-order chi connectivity index (χ1) is 10.1. The van der Waals surface area contributed by atoms with Gasteiger partial charge in [-0.1, -0.05) is 48.0 Å². The summed E-state index contributed by atoms with van der Waals surface area (Å²) in [5.41, 5.74) is 8.38. The van der Waals surface area contributed by atoms with Crippen LogP contribution in [0.3, 0.4) is 0 Å². The van der Waals surface area contributed by atoms with Crippen LogP contribution in [-0.2, 0) is 11.2 Å². The molecule has 2 aromatic rings. The molecule has 0 aliphatic rings. The second-order valence-electron chi connectivity index (χ2n) is 5.02. The van der Waals surface area contributed by atoms with Gasteiger partial charge < -0.3 is 11.1 Å². The lowest BCUT2D eigenvalue weighted by atomic mass is 10.1. The maximum absolute atomic E-state index is 13.4. The highest BCUT2D eigenvalue weighted by atomic mass is 19.1. The maximum atomic E-state index is 13.4. The minimum Gasteiger partial charge on any atom is -0.354 e. The number of amides is 1. The second kappa shape index (κ2) is 6.99. The van der Waals surface area contributed by atoms with Gasteiger partial charge in [0, 0.05) is 6.54 Å². The fourth-order valence-electron chi connectivity index (χ4n) is 2.06. The van der Waals surface area contributed by atoms with Crippen molar-refractivity contribution in [3.63, 3.8) is 0 Å². The summed E-state index contributed by atoms with van der Waals surface area (Å²) < 4.78 is 13.4. The molecule has 0 aliphatic heterocycles. The number of aryl methyl sites for hydroxylation is 1. The molecule has 1 unspecified atom stereocenters. The Hall–Kier alpha value is -2.20. The van der Waals surface area contributed by atoms with Crippen molar-refractivity contribution in [3.05, 3.63) is 71.0 Å². The molecule has 0 aliphatic carbocycles. The average molecular weight is 286 g/mol. The lowest BCUT2D eigenvalue weighted by Crippen LogP contribution is -2.35. The molecule has 0 heterocycles. The first-order valence-electron chi connectivity index (χ1n) is 6.91. The molecule has 0 radical (unpaired) electrons. The fourth-order valence-corrected chi connectivity index (χ4v) is 2.06. The zero-order chi connectivity index (χ0) is 15.2. The molecule has 3 N–H and O–H groups in total. The van der Waals surface area contributed by atoms with Gasteiger partial charge in [-0.25, -0.2) is 4.39 Å². The molecule has 0 spiro atoms. The monoisotopic (exact) mass is 286 g/mol. The molecular formula is C17H19FN2O. The van der Waals surface area contributed by atoms with Gasteiger partial charge in [-0.3, -0.25) is 4.79 Å². The molecule has 1 atom stereocenters. The van der Waals surface area contributed by atoms with Gasteiger partial charge in [-0.15, -0.1) is 0 Å². The number of benzene rings is 2. The van der Waals surface area contributed by atoms with E-state index in [0.29, 0.717) is 18.5 Å². The van der Waals surface area contributed by atoms with Crippen molar-refractivity contribution < 1.29 is 9.18 Å². The minimum atomic E-state index is -0.703. The third-order valence-electron chi connectivity index (χ3n) is 3.37. The SMILES string of the molecule is Cc1ccc(C(N)C(=O)NCCc2ccccc2F)cc1. The third-order valence-corrected chi connectivity index (χ3v) is 3.37. The van der Waals surface area contributed by atoms with Crippen molar-refractivity contribution in [1.82, 2.24) is 5.32 Å². The molecule has 0 saturated heterocycles. The van der Waals surface area contributed by atoms with Crippen LogP contribution in [0.4, 0.5) is 4.39 Å². The molecule has 110 valence electrons. The fraction of sp³-hybridized carbons (Fsp3) is 0.235. The van der Waals surface area contributed by atoms with E-state index in [0.717, 1.165) is 11.1 Å². The predicted molar refractivity (Wildman–Crippen MR) is 81.2 cm³/mol. The number of nitrogens with one attached hydrogen (secondary N) is 1. The van der Waals surface area contributed by atoms with E-state index in [-0.39, 0.29) is 11.7 Å². The highest BCUT2D eigenvalue weighted by Gasteiger charge is 2.15. The van der Waals surface area contributed by atoms with Crippen LogP contribution in [0, 0.1) is 12.7 Å². The zero-order valence-corrected chi connectivity index (χ0v) is 12.0. The van der Waals surface area contributed by atoms with E-state index < -0.39 is 6.04 Å². The molecule has 0 aromatic heterocycles. The smallest absolute Gasteiger partial charge is 0.241 e. The second-order valence-corrected chi connectivity index (χ2v) is 5.02. The predicted octanol–water partition coefficient (Wildman–Crippen LogP) is 2.49. The van der Waals surface area contributed by atoms with Gasteiger partial charge in [-0.2, -0.15) is 0 Å². The number of carbonyl (C=O) groups is 1. The largest absolute Gasteiger partial charge is 0.354 e. The van der Waals surface area contributed by atoms with Crippen LogP contribution >= 0.6 is 0 Å². The Morgan fingerprint density at radius 1 is 1.19 bits per heavy atom. The van der Waals surface area contributed by atoms with E-state index in [1.54, 1.807) is 18.2 Å². The van der Waals surface area contributed by atoms with E-state index in [9.17, 15) is 9.18 Å². The van der Waals surface area contributed by atoms with Gasteiger partial charge in [0.1, 0.15) is 11.9 Å². The van der Waals surface area contributed by atoms with Gasteiger partial charge >= 0.3 is 0 Å². The van der Waals surface area contributed by atoms with Crippen LogP contribution in [0.2, 0.25) is 0 Å². The molecule has 0 fully saturated rings. The number of carbonyl (C=O) groups excluding carboxylic acids is 1. The highest BCUT2D eigenvalue weighted by Crippen LogP contribution is 2.11. The van der Waals surface area contributed by atoms with E-state index in [4.69, 9.17) is 5.73 Å². The highest BCUT2D eigenvalue weighted by molar-refractivity contribution is 5.82. The van der Waals surface area contributed by atoms with E-state index in [1.807, 2.05) is 31.2 Å². The van der Waals surface area contributed by atoms with Crippen molar-refractivity contribution in [2.75, 3.05) is 6.54 Å². The topological polar surface area (TPSA) is 55.1 Å². The quantitative estimate of drug-likeness (QED) is 0.887. The van der Waals surface area contributed by atoms with Crippen molar-refractivity contribution in [2.45, 2.75) is 19.4 Å². The first-order valence-corrected chi connectivity index (χ1v) is 6.91. The van der Waals surface area contributed by atoms with Crippen LogP contribution in [0.25, 0.3) is 0 Å². The van der Waals surface area contributed by atoms with Crippen LogP contribution < -0.4 is 11.1 Å². The Morgan fingerprint density at radius 2 is 1.86 bits per heavy atom. The average Bonchev–Trinajstić information content (AvgIpc) is 2.49. The van der Waals surface area contributed by atoms with Gasteiger partial charge in [0.15, 0.2) is 0 Å². The van der Waals surface area contributed by atoms with Crippen LogP contribution in [0.15, 0.2) is 48.5 Å². The molecule has 3 nitrogen and oxygen atoms in total. The van der Waals surface area contributed by atoms with Crippen LogP contribution in [0.1, 0.15) is 22.7 Å². The summed E-state index contributed by atoms with van der Waals surface area (Å²) in [6, 6.07) is 13.4. The standard InChI is InChI=1S/C17H19FN2O/c1-12-6-8-14(9-7-12)16(19)17(21)20-11-10-13-4-2-3-5-15(13)18/h2-9,16H,10-11,19H2,1H3,(H,20,21). The Kier molecular flexibility index (Phi) is 5.06. The van der Waals surface area contributed by atoms with E-state index in [2.05, 4.69) is 5.32 Å². The molecule has 4 heteroatoms. The summed E-state index contributed by atoms with van der Waals surface area (Å²) >= 11 is 0. The lowest BCUT2D eigenvalue weighted by Gasteiger charge is -2.13. The van der Waals surface area contributed by atoms with Crippen molar-refractivity contribution in [3.8, 4) is 0 Å². The summed E-state index contributed by atoms with van der Waals surface area (Å²) in [5.74, 6) is -0.509. The summed E-state index contributed by atoms with van der Waals surface area (Å²) in [6.07, 6.45) is 0.443. The first kappa shape index (κ1) is 15.2. The molecule has 21 heavy (non-hydrogen) atoms. The third kappa shape index (κ3) is 4.13. The summed E-state index contributed by atoms with van der Waals surface area (Å²) in [5, 5.41) is 2.74. The summed E-state index contributed by atoms with van der Waals surface area (Å²) in [6.45, 7) is 2.34. The van der Waals surface area contributed by atoms with Crippen molar-refractivity contribution >= 4 is 5.91 Å². The zero-order valence-electron chi connectivity index (χ0n) is 12.0. The Morgan fingerprint density at radius 3 is 2.52 bits per heavy atom. The van der Waals surface area contributed by atoms with Crippen molar-refractivity contribution in [2.24, 2.45) is 5.73 Å². The van der Waals surface area contributed by atoms with Gasteiger partial charge in [-0.05, 0) is 30.5 Å². The van der Waals surface area contributed by atoms with E-state index in [1.165, 1.54) is 6.07 Å². The summed E-state index contributed by atoms with van der Waals surface area (Å²) in [7, 11) is 0. The van der Waals surface area contributed by atoms with Gasteiger partial charge in [0.2, 0.25) is 5.91 Å².